The highest BCUT2D eigenvalue weighted by atomic mass is 32.1. The topological polar surface area (TPSA) is 87.8 Å². The molecule has 1 saturated heterocycles. The zero-order valence-corrected chi connectivity index (χ0v) is 21.6. The van der Waals surface area contributed by atoms with Crippen molar-refractivity contribution in [1.82, 2.24) is 14.8 Å². The maximum atomic E-state index is 13.8. The van der Waals surface area contributed by atoms with Gasteiger partial charge in [-0.15, -0.1) is 11.3 Å². The fraction of sp³-hybridized carbons (Fsp3) is 0.370. The number of nitrogens with zero attached hydrogens (tertiary/aromatic N) is 4. The van der Waals surface area contributed by atoms with Crippen LogP contribution in [0.5, 0.6) is 5.75 Å². The summed E-state index contributed by atoms with van der Waals surface area (Å²) >= 11 is 1.59. The van der Waals surface area contributed by atoms with E-state index in [9.17, 15) is 9.59 Å². The van der Waals surface area contributed by atoms with Crippen LogP contribution in [0.4, 0.5) is 0 Å². The van der Waals surface area contributed by atoms with Crippen molar-refractivity contribution in [2.75, 3.05) is 53.0 Å². The Kier molecular flexibility index (Phi) is 7.98. The Labute approximate surface area is 219 Å². The van der Waals surface area contributed by atoms with Crippen LogP contribution in [0.1, 0.15) is 33.5 Å². The van der Waals surface area contributed by atoms with Crippen LogP contribution in [-0.4, -0.2) is 85.4 Å². The number of thiophene rings is 1. The van der Waals surface area contributed by atoms with E-state index in [0.717, 1.165) is 29.2 Å². The quantitative estimate of drug-likeness (QED) is 0.428. The smallest absolute Gasteiger partial charge is 0.290 e. The number of carbonyl (C=O) groups is 2. The predicted molar refractivity (Wildman–Crippen MR) is 140 cm³/mol. The number of methoxy groups -OCH3 is 1. The van der Waals surface area contributed by atoms with E-state index in [4.69, 9.17) is 19.0 Å². The lowest BCUT2D eigenvalue weighted by Gasteiger charge is -2.31. The summed E-state index contributed by atoms with van der Waals surface area (Å²) in [5, 5.41) is 8.27. The summed E-state index contributed by atoms with van der Waals surface area (Å²) in [6.45, 7) is 3.85. The highest BCUT2D eigenvalue weighted by Crippen LogP contribution is 2.38. The molecule has 2 aliphatic rings. The summed E-state index contributed by atoms with van der Waals surface area (Å²) in [4.78, 5) is 31.9. The van der Waals surface area contributed by atoms with Crippen LogP contribution < -0.4 is 4.74 Å². The van der Waals surface area contributed by atoms with Gasteiger partial charge in [0.25, 0.3) is 11.8 Å². The van der Waals surface area contributed by atoms with Gasteiger partial charge in [-0.25, -0.2) is 5.01 Å². The predicted octanol–water partition coefficient (Wildman–Crippen LogP) is 3.50. The molecule has 0 radical (unpaired) electrons. The van der Waals surface area contributed by atoms with Gasteiger partial charge in [-0.1, -0.05) is 24.3 Å². The van der Waals surface area contributed by atoms with Crippen molar-refractivity contribution < 1.29 is 23.5 Å². The standard InChI is InChI=1S/C27H30N4O5S/c1-34-23-7-3-2-6-20(23)22-18-21(25-9-5-17-37-25)28-31(22)26(32)19-30(27(33)24-8-4-14-36-24)11-10-29-12-15-35-16-13-29/h2-9,14,17,22H,10-13,15-16,18-19H2,1H3. The third-order valence-corrected chi connectivity index (χ3v) is 7.52. The van der Waals surface area contributed by atoms with Crippen LogP contribution in [-0.2, 0) is 9.53 Å². The van der Waals surface area contributed by atoms with Crippen molar-refractivity contribution >= 4 is 28.9 Å². The summed E-state index contributed by atoms with van der Waals surface area (Å²) in [6.07, 6.45) is 2.03. The summed E-state index contributed by atoms with van der Waals surface area (Å²) in [5.41, 5.74) is 1.72. The van der Waals surface area contributed by atoms with Crippen LogP contribution in [0.2, 0.25) is 0 Å². The van der Waals surface area contributed by atoms with Gasteiger partial charge in [0.1, 0.15) is 12.3 Å². The number of rotatable bonds is 9. The van der Waals surface area contributed by atoms with Gasteiger partial charge < -0.3 is 18.8 Å². The summed E-state index contributed by atoms with van der Waals surface area (Å²) in [6, 6.07) is 14.6. The molecule has 1 aromatic carbocycles. The lowest BCUT2D eigenvalue weighted by Crippen LogP contribution is -2.46. The fourth-order valence-corrected chi connectivity index (χ4v) is 5.37. The minimum Gasteiger partial charge on any atom is -0.496 e. The maximum Gasteiger partial charge on any atom is 0.290 e. The van der Waals surface area contributed by atoms with Gasteiger partial charge in [-0.3, -0.25) is 14.5 Å². The van der Waals surface area contributed by atoms with Crippen LogP contribution in [0.15, 0.2) is 69.7 Å². The lowest BCUT2D eigenvalue weighted by molar-refractivity contribution is -0.133. The molecule has 0 bridgehead atoms. The van der Waals surface area contributed by atoms with E-state index in [1.54, 1.807) is 35.5 Å². The molecule has 0 N–H and O–H groups in total. The van der Waals surface area contributed by atoms with Crippen molar-refractivity contribution in [2.24, 2.45) is 5.10 Å². The molecule has 2 aliphatic heterocycles. The lowest BCUT2D eigenvalue weighted by atomic mass is 10.00. The summed E-state index contributed by atoms with van der Waals surface area (Å²) < 4.78 is 16.4. The number of hydrogen-bond donors (Lipinski definition) is 0. The minimum absolute atomic E-state index is 0.114. The molecule has 1 unspecified atom stereocenters. The first-order valence-corrected chi connectivity index (χ1v) is 13.2. The molecule has 2 amide bonds. The van der Waals surface area contributed by atoms with Gasteiger partial charge in [-0.2, -0.15) is 5.10 Å². The Morgan fingerprint density at radius 1 is 1.14 bits per heavy atom. The van der Waals surface area contributed by atoms with Gasteiger partial charge in [0.15, 0.2) is 5.76 Å². The van der Waals surface area contributed by atoms with Crippen LogP contribution in [0, 0.1) is 0 Å². The molecular weight excluding hydrogens is 492 g/mol. The molecule has 4 heterocycles. The van der Waals surface area contributed by atoms with Gasteiger partial charge in [0.2, 0.25) is 0 Å². The van der Waals surface area contributed by atoms with E-state index in [1.165, 1.54) is 11.3 Å². The second-order valence-electron chi connectivity index (χ2n) is 8.88. The Morgan fingerprint density at radius 3 is 2.70 bits per heavy atom. The van der Waals surface area contributed by atoms with Crippen molar-refractivity contribution in [3.8, 4) is 5.75 Å². The van der Waals surface area contributed by atoms with Crippen LogP contribution in [0.25, 0.3) is 0 Å². The molecule has 37 heavy (non-hydrogen) atoms. The molecule has 0 spiro atoms. The number of hydrogen-bond acceptors (Lipinski definition) is 8. The van der Waals surface area contributed by atoms with Crippen molar-refractivity contribution in [2.45, 2.75) is 12.5 Å². The largest absolute Gasteiger partial charge is 0.496 e. The first-order chi connectivity index (χ1) is 18.1. The van der Waals surface area contributed by atoms with Crippen molar-refractivity contribution in [1.29, 1.82) is 0 Å². The molecule has 9 nitrogen and oxygen atoms in total. The second-order valence-corrected chi connectivity index (χ2v) is 9.83. The SMILES string of the molecule is COc1ccccc1C1CC(c2cccs2)=NN1C(=O)CN(CCN1CCOCC1)C(=O)c1ccco1. The zero-order valence-electron chi connectivity index (χ0n) is 20.7. The Balaban J connectivity index is 1.39. The molecule has 3 aromatic rings. The molecule has 0 saturated carbocycles. The van der Waals surface area contributed by atoms with Gasteiger partial charge in [0, 0.05) is 38.2 Å². The normalized spacial score (nSPS) is 18.0. The number of amides is 2. The van der Waals surface area contributed by atoms with Crippen molar-refractivity contribution in [3.05, 3.63) is 76.4 Å². The monoisotopic (exact) mass is 522 g/mol. The van der Waals surface area contributed by atoms with Gasteiger partial charge >= 0.3 is 0 Å². The first kappa shape index (κ1) is 25.2. The van der Waals surface area contributed by atoms with Crippen molar-refractivity contribution in [3.63, 3.8) is 0 Å². The van der Waals surface area contributed by atoms with Crippen LogP contribution in [0.3, 0.4) is 0 Å². The van der Waals surface area contributed by atoms with E-state index in [0.29, 0.717) is 38.5 Å². The maximum absolute atomic E-state index is 13.8. The molecule has 194 valence electrons. The van der Waals surface area contributed by atoms with Gasteiger partial charge in [-0.05, 0) is 29.6 Å². The average molecular weight is 523 g/mol. The Morgan fingerprint density at radius 2 is 1.97 bits per heavy atom. The molecule has 5 rings (SSSR count). The molecule has 10 heteroatoms. The number of para-hydroxylation sites is 1. The minimum atomic E-state index is -0.333. The molecule has 2 aromatic heterocycles. The molecule has 1 atom stereocenters. The second kappa shape index (κ2) is 11.7. The fourth-order valence-electron chi connectivity index (χ4n) is 4.65. The third-order valence-electron chi connectivity index (χ3n) is 6.60. The van der Waals surface area contributed by atoms with E-state index in [2.05, 4.69) is 4.90 Å². The highest BCUT2D eigenvalue weighted by Gasteiger charge is 2.36. The first-order valence-electron chi connectivity index (χ1n) is 12.3. The van der Waals surface area contributed by atoms with Crippen LogP contribution >= 0.6 is 11.3 Å². The van der Waals surface area contributed by atoms with E-state index < -0.39 is 0 Å². The van der Waals surface area contributed by atoms with E-state index >= 15 is 0 Å². The Hall–Kier alpha value is -3.47. The van der Waals surface area contributed by atoms with Gasteiger partial charge in [0.05, 0.1) is 43.2 Å². The molecular formula is C27H30N4O5S. The van der Waals surface area contributed by atoms with E-state index in [1.807, 2.05) is 41.8 Å². The number of morpholine rings is 1. The highest BCUT2D eigenvalue weighted by molar-refractivity contribution is 7.12. The summed E-state index contributed by atoms with van der Waals surface area (Å²) in [7, 11) is 1.62. The zero-order chi connectivity index (χ0) is 25.6. The molecule has 0 aliphatic carbocycles. The summed E-state index contributed by atoms with van der Waals surface area (Å²) in [5.74, 6) is 0.329. The average Bonchev–Trinajstić information content (AvgIpc) is 3.73. The number of carbonyl (C=O) groups excluding carboxylic acids is 2. The molecule has 1 fully saturated rings. The number of hydrazone groups is 1. The van der Waals surface area contributed by atoms with E-state index in [-0.39, 0.29) is 30.2 Å². The third kappa shape index (κ3) is 5.76. The number of benzene rings is 1. The Bertz CT molecular complexity index is 1220. The number of furan rings is 1. The number of ether oxygens (including phenoxy) is 2.